The number of halogens is 1. The van der Waals surface area contributed by atoms with Crippen molar-refractivity contribution in [1.29, 1.82) is 5.26 Å². The number of nitriles is 1. The highest BCUT2D eigenvalue weighted by molar-refractivity contribution is 7.99. The molecule has 6 heteroatoms. The van der Waals surface area contributed by atoms with E-state index in [-0.39, 0.29) is 11.3 Å². The monoisotopic (exact) mass is 419 g/mol. The molecule has 4 rings (SSSR count). The van der Waals surface area contributed by atoms with Crippen LogP contribution in [0.2, 0.25) is 5.02 Å². The molecule has 0 aliphatic heterocycles. The van der Waals surface area contributed by atoms with Gasteiger partial charge in [-0.2, -0.15) is 5.26 Å². The van der Waals surface area contributed by atoms with Crippen molar-refractivity contribution in [3.8, 4) is 11.8 Å². The summed E-state index contributed by atoms with van der Waals surface area (Å²) >= 11 is 7.38. The Morgan fingerprint density at radius 1 is 1.00 bits per heavy atom. The molecule has 1 atom stereocenters. The van der Waals surface area contributed by atoms with Gasteiger partial charge in [0.15, 0.2) is 0 Å². The van der Waals surface area contributed by atoms with Crippen LogP contribution in [0.3, 0.4) is 0 Å². The van der Waals surface area contributed by atoms with E-state index in [1.54, 1.807) is 60.7 Å². The van der Waals surface area contributed by atoms with Gasteiger partial charge < -0.3 is 9.52 Å². The van der Waals surface area contributed by atoms with Crippen LogP contribution in [0, 0.1) is 11.3 Å². The van der Waals surface area contributed by atoms with E-state index in [4.69, 9.17) is 21.3 Å². The Bertz CT molecular complexity index is 1280. The second-order valence-corrected chi connectivity index (χ2v) is 7.95. The fourth-order valence-electron chi connectivity index (χ4n) is 3.05. The lowest BCUT2D eigenvalue weighted by atomic mass is 10.0. The van der Waals surface area contributed by atoms with E-state index in [9.17, 15) is 9.90 Å². The molecule has 142 valence electrons. The molecule has 29 heavy (non-hydrogen) atoms. The minimum absolute atomic E-state index is 0.104. The van der Waals surface area contributed by atoms with Gasteiger partial charge in [0, 0.05) is 9.92 Å². The third-order valence-electron chi connectivity index (χ3n) is 4.49. The fourth-order valence-corrected chi connectivity index (χ4v) is 4.36. The Labute approximate surface area is 176 Å². The van der Waals surface area contributed by atoms with Crippen molar-refractivity contribution >= 4 is 34.3 Å². The molecule has 4 nitrogen and oxygen atoms in total. The smallest absolute Gasteiger partial charge is 0.344 e. The number of nitrogens with zero attached hydrogens (tertiary/aromatic N) is 1. The first kappa shape index (κ1) is 19.1. The minimum Gasteiger partial charge on any atom is -0.507 e. The predicted octanol–water partition coefficient (Wildman–Crippen LogP) is 5.91. The molecular formula is C23H14ClNO3S. The van der Waals surface area contributed by atoms with Crippen molar-refractivity contribution in [2.24, 2.45) is 0 Å². The first-order valence-electron chi connectivity index (χ1n) is 8.74. The van der Waals surface area contributed by atoms with Crippen LogP contribution in [-0.4, -0.2) is 5.11 Å². The summed E-state index contributed by atoms with van der Waals surface area (Å²) in [4.78, 5) is 13.7. The Hall–Kier alpha value is -3.20. The predicted molar refractivity (Wildman–Crippen MR) is 114 cm³/mol. The number of para-hydroxylation sites is 1. The summed E-state index contributed by atoms with van der Waals surface area (Å²) in [5.74, 6) is -0.104. The molecule has 0 saturated heterocycles. The maximum Gasteiger partial charge on any atom is 0.344 e. The van der Waals surface area contributed by atoms with Gasteiger partial charge in [-0.05, 0) is 54.1 Å². The molecule has 0 fully saturated rings. The van der Waals surface area contributed by atoms with E-state index >= 15 is 0 Å². The summed E-state index contributed by atoms with van der Waals surface area (Å²) in [5.41, 5.74) is 1.17. The molecule has 1 heterocycles. The number of benzene rings is 3. The molecule has 0 radical (unpaired) electrons. The number of hydrogen-bond acceptors (Lipinski definition) is 5. The lowest BCUT2D eigenvalue weighted by Gasteiger charge is -2.18. The second kappa shape index (κ2) is 8.04. The topological polar surface area (TPSA) is 74.2 Å². The quantitative estimate of drug-likeness (QED) is 0.329. The van der Waals surface area contributed by atoms with E-state index in [1.165, 1.54) is 11.8 Å². The summed E-state index contributed by atoms with van der Waals surface area (Å²) in [6.45, 7) is 0. The number of rotatable bonds is 4. The van der Waals surface area contributed by atoms with Gasteiger partial charge in [-0.25, -0.2) is 4.79 Å². The maximum absolute atomic E-state index is 12.8. The van der Waals surface area contributed by atoms with Crippen LogP contribution < -0.4 is 5.63 Å². The zero-order chi connectivity index (χ0) is 20.4. The highest BCUT2D eigenvalue weighted by atomic mass is 35.5. The average molecular weight is 420 g/mol. The van der Waals surface area contributed by atoms with E-state index in [0.29, 0.717) is 21.6 Å². The number of fused-ring (bicyclic) bond motifs is 1. The molecular weight excluding hydrogens is 406 g/mol. The normalized spacial score (nSPS) is 11.9. The van der Waals surface area contributed by atoms with Gasteiger partial charge in [0.2, 0.25) is 0 Å². The molecule has 0 amide bonds. The van der Waals surface area contributed by atoms with Crippen LogP contribution in [0.4, 0.5) is 0 Å². The zero-order valence-corrected chi connectivity index (χ0v) is 16.6. The molecule has 0 aliphatic carbocycles. The fraction of sp³-hybridized carbons (Fsp3) is 0.0435. The average Bonchev–Trinajstić information content (AvgIpc) is 2.74. The standard InChI is InChI=1S/C23H14ClNO3S/c24-16-9-11-17(12-10-16)29-22(15-7-5-14(13-25)6-8-15)20-21(26)18-3-1-2-4-19(18)28-23(20)27/h1-12,22,26H/t22-/m1/s1. The van der Waals surface area contributed by atoms with Crippen LogP contribution in [-0.2, 0) is 0 Å². The SMILES string of the molecule is N#Cc1ccc([C@@H](Sc2ccc(Cl)cc2)c2c(O)c3ccccc3oc2=O)cc1. The lowest BCUT2D eigenvalue weighted by Crippen LogP contribution is -2.12. The van der Waals surface area contributed by atoms with E-state index in [2.05, 4.69) is 6.07 Å². The van der Waals surface area contributed by atoms with Crippen LogP contribution in [0.25, 0.3) is 11.0 Å². The Kier molecular flexibility index (Phi) is 5.30. The first-order chi connectivity index (χ1) is 14.1. The van der Waals surface area contributed by atoms with Crippen molar-refractivity contribution in [2.75, 3.05) is 0 Å². The van der Waals surface area contributed by atoms with Gasteiger partial charge in [-0.1, -0.05) is 35.9 Å². The van der Waals surface area contributed by atoms with Gasteiger partial charge in [0.1, 0.15) is 11.3 Å². The van der Waals surface area contributed by atoms with Crippen molar-refractivity contribution in [2.45, 2.75) is 10.1 Å². The van der Waals surface area contributed by atoms with E-state index in [1.807, 2.05) is 12.1 Å². The van der Waals surface area contributed by atoms with E-state index in [0.717, 1.165) is 10.5 Å². The van der Waals surface area contributed by atoms with Crippen LogP contribution >= 0.6 is 23.4 Å². The Morgan fingerprint density at radius 2 is 1.69 bits per heavy atom. The van der Waals surface area contributed by atoms with Crippen LogP contribution in [0.1, 0.15) is 21.9 Å². The van der Waals surface area contributed by atoms with Crippen molar-refractivity contribution < 1.29 is 9.52 Å². The molecule has 4 aromatic rings. The van der Waals surface area contributed by atoms with Crippen molar-refractivity contribution in [3.05, 3.63) is 105 Å². The third-order valence-corrected chi connectivity index (χ3v) is 6.03. The summed E-state index contributed by atoms with van der Waals surface area (Å²) < 4.78 is 5.48. The summed E-state index contributed by atoms with van der Waals surface area (Å²) in [6, 6.07) is 23.1. The number of thioether (sulfide) groups is 1. The molecule has 0 aliphatic rings. The summed E-state index contributed by atoms with van der Waals surface area (Å²) in [5, 5.41) is 20.6. The maximum atomic E-state index is 12.8. The van der Waals surface area contributed by atoms with Gasteiger partial charge in [0.25, 0.3) is 0 Å². The van der Waals surface area contributed by atoms with Crippen LogP contribution in [0.15, 0.2) is 86.9 Å². The van der Waals surface area contributed by atoms with Gasteiger partial charge in [0.05, 0.1) is 27.8 Å². The highest BCUT2D eigenvalue weighted by Crippen LogP contribution is 2.44. The minimum atomic E-state index is -0.600. The van der Waals surface area contributed by atoms with Crippen molar-refractivity contribution in [3.63, 3.8) is 0 Å². The largest absolute Gasteiger partial charge is 0.507 e. The summed E-state index contributed by atoms with van der Waals surface area (Å²) in [6.07, 6.45) is 0. The van der Waals surface area contributed by atoms with Crippen molar-refractivity contribution in [1.82, 2.24) is 0 Å². The number of hydrogen-bond donors (Lipinski definition) is 1. The van der Waals surface area contributed by atoms with Gasteiger partial charge in [-0.15, -0.1) is 11.8 Å². The zero-order valence-electron chi connectivity index (χ0n) is 15.0. The summed E-state index contributed by atoms with van der Waals surface area (Å²) in [7, 11) is 0. The number of aromatic hydroxyl groups is 1. The van der Waals surface area contributed by atoms with Gasteiger partial charge in [-0.3, -0.25) is 0 Å². The molecule has 1 aromatic heterocycles. The van der Waals surface area contributed by atoms with Crippen LogP contribution in [0.5, 0.6) is 5.75 Å². The first-order valence-corrected chi connectivity index (χ1v) is 9.99. The molecule has 0 saturated carbocycles. The van der Waals surface area contributed by atoms with Gasteiger partial charge >= 0.3 is 5.63 Å². The Morgan fingerprint density at radius 3 is 2.38 bits per heavy atom. The molecule has 3 aromatic carbocycles. The Balaban J connectivity index is 1.90. The molecule has 0 unspecified atom stereocenters. The molecule has 0 spiro atoms. The second-order valence-electron chi connectivity index (χ2n) is 6.33. The lowest BCUT2D eigenvalue weighted by molar-refractivity contribution is 0.458. The van der Waals surface area contributed by atoms with E-state index < -0.39 is 10.9 Å². The molecule has 0 bridgehead atoms. The third kappa shape index (κ3) is 3.86. The highest BCUT2D eigenvalue weighted by Gasteiger charge is 2.26. The molecule has 1 N–H and O–H groups in total.